The van der Waals surface area contributed by atoms with E-state index < -0.39 is 11.8 Å². The van der Waals surface area contributed by atoms with E-state index in [1.165, 1.54) is 12.1 Å². The van der Waals surface area contributed by atoms with Crippen LogP contribution in [0, 0.1) is 0 Å². The zero-order chi connectivity index (χ0) is 14.9. The first-order chi connectivity index (χ1) is 9.45. The van der Waals surface area contributed by atoms with E-state index in [-0.39, 0.29) is 20.1 Å². The lowest BCUT2D eigenvalue weighted by atomic mass is 10.1. The van der Waals surface area contributed by atoms with Gasteiger partial charge in [-0.05, 0) is 35.0 Å². The fourth-order valence-corrected chi connectivity index (χ4v) is 4.63. The maximum absolute atomic E-state index is 14.1. The highest BCUT2D eigenvalue weighted by Crippen LogP contribution is 2.49. The van der Waals surface area contributed by atoms with Crippen LogP contribution in [-0.4, -0.2) is 17.6 Å². The number of halogens is 2. The number of hydrogen-bond donors (Lipinski definition) is 2. The van der Waals surface area contributed by atoms with Crippen molar-refractivity contribution in [2.24, 2.45) is 5.73 Å². The quantitative estimate of drug-likeness (QED) is 0.769. The zero-order valence-corrected chi connectivity index (χ0v) is 13.8. The number of primary amides is 1. The molecule has 0 radical (unpaired) electrons. The minimum Gasteiger partial charge on any atom is -0.506 e. The van der Waals surface area contributed by atoms with Crippen molar-refractivity contribution in [2.45, 2.75) is 12.8 Å². The number of aromatic hydroxyl groups is 1. The standard InChI is InChI=1S/C12H12BrFNO3PS/c1-2-18-19-11(14)10-8(13)6-3-5(12(15)17)4-7(16)9(6)20-10/h3-4,11,16,19H,2H2,1H3,(H2,15,17). The Labute approximate surface area is 129 Å². The molecule has 0 aliphatic rings. The number of carbonyl (C=O) groups excluding carboxylic acids is 1. The Balaban J connectivity index is 2.52. The van der Waals surface area contributed by atoms with E-state index in [2.05, 4.69) is 15.9 Å². The van der Waals surface area contributed by atoms with Gasteiger partial charge in [-0.25, -0.2) is 4.39 Å². The molecule has 0 aliphatic carbocycles. The maximum atomic E-state index is 14.1. The molecule has 1 aromatic carbocycles. The summed E-state index contributed by atoms with van der Waals surface area (Å²) in [5, 5.41) is 10.5. The number of thiophene rings is 1. The molecule has 0 saturated heterocycles. The summed E-state index contributed by atoms with van der Waals surface area (Å²) >= 11 is 4.45. The van der Waals surface area contributed by atoms with Crippen molar-refractivity contribution < 1.29 is 18.8 Å². The van der Waals surface area contributed by atoms with Gasteiger partial charge in [-0.3, -0.25) is 4.79 Å². The molecule has 20 heavy (non-hydrogen) atoms. The number of hydrogen-bond acceptors (Lipinski definition) is 4. The molecule has 2 atom stereocenters. The summed E-state index contributed by atoms with van der Waals surface area (Å²) in [6.45, 7) is 2.24. The van der Waals surface area contributed by atoms with Crippen molar-refractivity contribution in [1.29, 1.82) is 0 Å². The minimum absolute atomic E-state index is 0.0832. The Morgan fingerprint density at radius 3 is 2.95 bits per heavy atom. The highest BCUT2D eigenvalue weighted by atomic mass is 79.9. The SMILES string of the molecule is CCOPC(F)c1sc2c(O)cc(C(N)=O)cc2c1Br. The molecule has 0 spiro atoms. The molecule has 1 aromatic heterocycles. The molecule has 2 aromatic rings. The molecule has 2 rings (SSSR count). The third-order valence-electron chi connectivity index (χ3n) is 2.58. The highest BCUT2D eigenvalue weighted by Gasteiger charge is 2.22. The first kappa shape index (κ1) is 15.6. The van der Waals surface area contributed by atoms with Gasteiger partial charge in [-0.1, -0.05) is 0 Å². The van der Waals surface area contributed by atoms with Crippen molar-refractivity contribution in [3.8, 4) is 5.75 Å². The molecule has 1 heterocycles. The van der Waals surface area contributed by atoms with Gasteiger partial charge in [0.2, 0.25) is 5.91 Å². The molecule has 3 N–H and O–H groups in total. The number of amides is 1. The summed E-state index contributed by atoms with van der Waals surface area (Å²) in [7, 11) is -0.306. The molecule has 108 valence electrons. The Morgan fingerprint density at radius 2 is 2.35 bits per heavy atom. The number of benzene rings is 1. The van der Waals surface area contributed by atoms with E-state index in [1.807, 2.05) is 0 Å². The fourth-order valence-electron chi connectivity index (χ4n) is 1.69. The van der Waals surface area contributed by atoms with Gasteiger partial charge < -0.3 is 15.4 Å². The number of phenols is 1. The van der Waals surface area contributed by atoms with Gasteiger partial charge in [0.05, 0.1) is 18.4 Å². The molecule has 8 heteroatoms. The predicted molar refractivity (Wildman–Crippen MR) is 83.5 cm³/mol. The van der Waals surface area contributed by atoms with Crippen molar-refractivity contribution in [1.82, 2.24) is 0 Å². The van der Waals surface area contributed by atoms with Gasteiger partial charge in [-0.15, -0.1) is 11.3 Å². The molecule has 4 nitrogen and oxygen atoms in total. The van der Waals surface area contributed by atoms with Gasteiger partial charge in [0.1, 0.15) is 5.75 Å². The van der Waals surface area contributed by atoms with Crippen molar-refractivity contribution in [2.75, 3.05) is 6.61 Å². The smallest absolute Gasteiger partial charge is 0.248 e. The lowest BCUT2D eigenvalue weighted by molar-refractivity contribution is 0.1000. The van der Waals surface area contributed by atoms with E-state index in [9.17, 15) is 14.3 Å². The summed E-state index contributed by atoms with van der Waals surface area (Å²) in [6.07, 6.45) is 0. The Kier molecular flexibility index (Phi) is 4.96. The first-order valence-electron chi connectivity index (χ1n) is 5.71. The summed E-state index contributed by atoms with van der Waals surface area (Å²) in [4.78, 5) is 11.6. The molecular weight excluding hydrogens is 368 g/mol. The summed E-state index contributed by atoms with van der Waals surface area (Å²) in [5.74, 6) is -1.99. The van der Waals surface area contributed by atoms with E-state index in [1.54, 1.807) is 6.92 Å². The Hall–Kier alpha value is -0.750. The largest absolute Gasteiger partial charge is 0.506 e. The van der Waals surface area contributed by atoms with Crippen LogP contribution in [0.5, 0.6) is 5.75 Å². The fraction of sp³-hybridized carbons (Fsp3) is 0.250. The molecule has 0 fully saturated rings. The molecule has 0 saturated carbocycles. The van der Waals surface area contributed by atoms with Crippen LogP contribution in [0.15, 0.2) is 16.6 Å². The molecule has 2 unspecified atom stereocenters. The van der Waals surface area contributed by atoms with Crippen LogP contribution in [0.2, 0.25) is 0 Å². The molecular formula is C12H12BrFNO3PS. The van der Waals surface area contributed by atoms with Gasteiger partial charge in [0.25, 0.3) is 0 Å². The van der Waals surface area contributed by atoms with E-state index in [4.69, 9.17) is 10.3 Å². The predicted octanol–water partition coefficient (Wildman–Crippen LogP) is 4.07. The second kappa shape index (κ2) is 6.35. The molecule has 0 aliphatic heterocycles. The van der Waals surface area contributed by atoms with Crippen LogP contribution in [0.25, 0.3) is 10.1 Å². The van der Waals surface area contributed by atoms with Crippen LogP contribution < -0.4 is 5.73 Å². The lowest BCUT2D eigenvalue weighted by Gasteiger charge is -2.05. The second-order valence-electron chi connectivity index (χ2n) is 3.93. The van der Waals surface area contributed by atoms with Crippen LogP contribution in [0.3, 0.4) is 0 Å². The Bertz CT molecular complexity index is 664. The highest BCUT2D eigenvalue weighted by molar-refractivity contribution is 9.10. The topological polar surface area (TPSA) is 72.6 Å². The molecule has 1 amide bonds. The average Bonchev–Trinajstić information content (AvgIpc) is 2.74. The number of fused-ring (bicyclic) bond motifs is 1. The Morgan fingerprint density at radius 1 is 1.65 bits per heavy atom. The number of rotatable bonds is 5. The lowest BCUT2D eigenvalue weighted by Crippen LogP contribution is -2.10. The minimum atomic E-state index is -1.27. The van der Waals surface area contributed by atoms with Gasteiger partial charge in [-0.2, -0.15) is 0 Å². The van der Waals surface area contributed by atoms with Crippen molar-refractivity contribution in [3.05, 3.63) is 27.0 Å². The molecule has 0 bridgehead atoms. The summed E-state index contributed by atoms with van der Waals surface area (Å²) in [5.41, 5.74) is 5.38. The summed E-state index contributed by atoms with van der Waals surface area (Å²) in [6, 6.07) is 2.83. The monoisotopic (exact) mass is 379 g/mol. The van der Waals surface area contributed by atoms with Crippen LogP contribution in [0.1, 0.15) is 28.1 Å². The van der Waals surface area contributed by atoms with E-state index >= 15 is 0 Å². The van der Waals surface area contributed by atoms with E-state index in [0.717, 1.165) is 11.3 Å². The second-order valence-corrected chi connectivity index (χ2v) is 6.81. The number of phenolic OH excluding ortho intramolecular Hbond substituents is 1. The van der Waals surface area contributed by atoms with Crippen molar-refractivity contribution >= 4 is 52.1 Å². The number of carbonyl (C=O) groups is 1. The third-order valence-corrected chi connectivity index (χ3v) is 6.12. The van der Waals surface area contributed by atoms with Crippen molar-refractivity contribution in [3.63, 3.8) is 0 Å². The van der Waals surface area contributed by atoms with Gasteiger partial charge in [0.15, 0.2) is 5.91 Å². The van der Waals surface area contributed by atoms with Gasteiger partial charge in [0, 0.05) is 22.0 Å². The third kappa shape index (κ3) is 2.96. The maximum Gasteiger partial charge on any atom is 0.248 e. The normalized spacial score (nSPS) is 13.3. The number of alkyl halides is 1. The van der Waals surface area contributed by atoms with E-state index in [0.29, 0.717) is 26.0 Å². The van der Waals surface area contributed by atoms with Crippen LogP contribution in [0.4, 0.5) is 4.39 Å². The first-order valence-corrected chi connectivity index (χ1v) is 8.31. The van der Waals surface area contributed by atoms with Gasteiger partial charge >= 0.3 is 0 Å². The van der Waals surface area contributed by atoms with Crippen LogP contribution >= 0.6 is 36.1 Å². The zero-order valence-electron chi connectivity index (χ0n) is 10.4. The average molecular weight is 380 g/mol. The summed E-state index contributed by atoms with van der Waals surface area (Å²) < 4.78 is 20.2. The van der Waals surface area contributed by atoms with Crippen LogP contribution in [-0.2, 0) is 4.52 Å². The number of nitrogens with two attached hydrogens (primary N) is 1.